The van der Waals surface area contributed by atoms with Gasteiger partial charge in [-0.3, -0.25) is 4.79 Å². The molecule has 1 atom stereocenters. The number of aliphatic carboxylic acids is 1. The number of nitrogens with one attached hydrogen (secondary N) is 2. The molecule has 3 aromatic rings. The highest BCUT2D eigenvalue weighted by Crippen LogP contribution is 2.34. The lowest BCUT2D eigenvalue weighted by molar-refractivity contribution is -0.133. The van der Waals surface area contributed by atoms with Crippen molar-refractivity contribution in [2.24, 2.45) is 0 Å². The lowest BCUT2D eigenvalue weighted by atomic mass is 9.93. The van der Waals surface area contributed by atoms with Gasteiger partial charge < -0.3 is 25.4 Å². The molecular formula is C29H27ClFN3O5. The fraction of sp³-hybridized carbons (Fsp3) is 0.207. The molecule has 0 bridgehead atoms. The zero-order valence-corrected chi connectivity index (χ0v) is 21.9. The van der Waals surface area contributed by atoms with Crippen LogP contribution in [-0.4, -0.2) is 47.4 Å². The predicted molar refractivity (Wildman–Crippen MR) is 144 cm³/mol. The van der Waals surface area contributed by atoms with E-state index in [4.69, 9.17) is 16.3 Å². The number of allylic oxidation sites excluding steroid dienone is 1. The second kappa shape index (κ2) is 12.6. The molecule has 1 heterocycles. The summed E-state index contributed by atoms with van der Waals surface area (Å²) in [6.07, 6.45) is 0.480. The highest BCUT2D eigenvalue weighted by molar-refractivity contribution is 6.30. The molecule has 1 unspecified atom stereocenters. The van der Waals surface area contributed by atoms with Crippen molar-refractivity contribution in [3.8, 4) is 11.5 Å². The molecule has 1 aliphatic heterocycles. The van der Waals surface area contributed by atoms with E-state index in [-0.39, 0.29) is 36.0 Å². The minimum Gasteiger partial charge on any atom is -0.478 e. The van der Waals surface area contributed by atoms with Gasteiger partial charge in [-0.25, -0.2) is 14.0 Å². The Morgan fingerprint density at radius 1 is 1.08 bits per heavy atom. The lowest BCUT2D eigenvalue weighted by Gasteiger charge is -2.37. The van der Waals surface area contributed by atoms with Gasteiger partial charge >= 0.3 is 12.0 Å². The molecule has 3 aromatic carbocycles. The molecule has 0 spiro atoms. The first-order valence-electron chi connectivity index (χ1n) is 12.3. The van der Waals surface area contributed by atoms with Gasteiger partial charge in [0.2, 0.25) is 0 Å². The molecule has 0 saturated heterocycles. The van der Waals surface area contributed by atoms with E-state index in [1.807, 2.05) is 0 Å². The van der Waals surface area contributed by atoms with E-state index >= 15 is 0 Å². The number of carbonyl (C=O) groups excluding carboxylic acids is 2. The smallest absolute Gasteiger partial charge is 0.335 e. The van der Waals surface area contributed by atoms with Crippen LogP contribution in [0.25, 0.3) is 0 Å². The number of carboxylic acid groups (broad SMARTS) is 1. The second-order valence-corrected chi connectivity index (χ2v) is 9.40. The summed E-state index contributed by atoms with van der Waals surface area (Å²) in [6, 6.07) is 17.9. The molecule has 3 N–H and O–H groups in total. The molecule has 0 radical (unpaired) electrons. The largest absolute Gasteiger partial charge is 0.478 e. The Bertz CT molecular complexity index is 1390. The number of ketones is 1. The van der Waals surface area contributed by atoms with Crippen LogP contribution >= 0.6 is 11.6 Å². The standard InChI is InChI=1S/C29H27ClFN3O5/c1-18-26(28(36)37)27(20-4-2-5-21(30)16-20)34(29(38)33-18)15-3-14-32-17-25(35)19-6-10-23(11-7-19)39-24-12-8-22(31)9-13-24/h2,4-13,16,27,32H,3,14-15,17H2,1H3,(H,33,38)(H,36,37). The number of benzene rings is 3. The van der Waals surface area contributed by atoms with Crippen LogP contribution < -0.4 is 15.4 Å². The highest BCUT2D eigenvalue weighted by atomic mass is 35.5. The summed E-state index contributed by atoms with van der Waals surface area (Å²) in [5.74, 6) is -0.598. The Hall–Kier alpha value is -4.21. The van der Waals surface area contributed by atoms with Gasteiger partial charge in [0.1, 0.15) is 17.3 Å². The maximum absolute atomic E-state index is 13.0. The van der Waals surface area contributed by atoms with Gasteiger partial charge in [-0.2, -0.15) is 0 Å². The average molecular weight is 552 g/mol. The van der Waals surface area contributed by atoms with Gasteiger partial charge in [-0.1, -0.05) is 23.7 Å². The number of amides is 2. The number of urea groups is 1. The van der Waals surface area contributed by atoms with E-state index in [1.54, 1.807) is 55.5 Å². The van der Waals surface area contributed by atoms with Gasteiger partial charge in [0, 0.05) is 22.8 Å². The number of hydrogen-bond acceptors (Lipinski definition) is 5. The Labute approximate surface area is 230 Å². The summed E-state index contributed by atoms with van der Waals surface area (Å²) in [5, 5.41) is 16.0. The van der Waals surface area contributed by atoms with E-state index in [2.05, 4.69) is 10.6 Å². The predicted octanol–water partition coefficient (Wildman–Crippen LogP) is 5.56. The number of carbonyl (C=O) groups is 3. The van der Waals surface area contributed by atoms with Crippen LogP contribution in [0.2, 0.25) is 5.02 Å². The van der Waals surface area contributed by atoms with Crippen molar-refractivity contribution in [2.45, 2.75) is 19.4 Å². The monoisotopic (exact) mass is 551 g/mol. The third-order valence-electron chi connectivity index (χ3n) is 6.20. The van der Waals surface area contributed by atoms with Crippen LogP contribution in [0, 0.1) is 5.82 Å². The molecule has 39 heavy (non-hydrogen) atoms. The number of halogens is 2. The first-order chi connectivity index (χ1) is 18.7. The van der Waals surface area contributed by atoms with E-state index in [0.717, 1.165) is 0 Å². The van der Waals surface area contributed by atoms with Crippen LogP contribution in [0.15, 0.2) is 84.1 Å². The van der Waals surface area contributed by atoms with Crippen LogP contribution in [0.1, 0.15) is 35.3 Å². The fourth-order valence-electron chi connectivity index (χ4n) is 4.33. The van der Waals surface area contributed by atoms with Crippen molar-refractivity contribution in [2.75, 3.05) is 19.6 Å². The molecule has 1 aliphatic rings. The molecule has 10 heteroatoms. The first-order valence-corrected chi connectivity index (χ1v) is 12.7. The molecule has 2 amide bonds. The van der Waals surface area contributed by atoms with E-state index in [0.29, 0.717) is 40.6 Å². The summed E-state index contributed by atoms with van der Waals surface area (Å²) in [6.45, 7) is 2.32. The van der Waals surface area contributed by atoms with Crippen molar-refractivity contribution in [1.82, 2.24) is 15.5 Å². The van der Waals surface area contributed by atoms with Gasteiger partial charge in [-0.05, 0) is 86.1 Å². The van der Waals surface area contributed by atoms with Crippen molar-refractivity contribution < 1.29 is 28.6 Å². The van der Waals surface area contributed by atoms with Gasteiger partial charge in [0.25, 0.3) is 0 Å². The van der Waals surface area contributed by atoms with Crippen LogP contribution in [0.4, 0.5) is 9.18 Å². The third-order valence-corrected chi connectivity index (χ3v) is 6.44. The minimum absolute atomic E-state index is 0.0758. The van der Waals surface area contributed by atoms with Gasteiger partial charge in [0.05, 0.1) is 18.2 Å². The van der Waals surface area contributed by atoms with E-state index < -0.39 is 18.0 Å². The SMILES string of the molecule is CC1=C(C(=O)O)C(c2cccc(Cl)c2)N(CCCNCC(=O)c2ccc(Oc3ccc(F)cc3)cc2)C(=O)N1. The first kappa shape index (κ1) is 27.8. The summed E-state index contributed by atoms with van der Waals surface area (Å²) in [7, 11) is 0. The maximum atomic E-state index is 13.0. The van der Waals surface area contributed by atoms with Crippen LogP contribution in [0.3, 0.4) is 0 Å². The van der Waals surface area contributed by atoms with Crippen LogP contribution in [0.5, 0.6) is 11.5 Å². The number of Topliss-reactive ketones (excluding diaryl/α,β-unsaturated/α-hetero) is 1. The summed E-state index contributed by atoms with van der Waals surface area (Å²) >= 11 is 6.14. The molecule has 0 fully saturated rings. The highest BCUT2D eigenvalue weighted by Gasteiger charge is 2.37. The topological polar surface area (TPSA) is 108 Å². The maximum Gasteiger partial charge on any atom is 0.335 e. The molecule has 0 saturated carbocycles. The number of ether oxygens (including phenoxy) is 1. The van der Waals surface area contributed by atoms with Crippen molar-refractivity contribution >= 4 is 29.4 Å². The summed E-state index contributed by atoms with van der Waals surface area (Å²) < 4.78 is 18.7. The van der Waals surface area contributed by atoms with Gasteiger partial charge in [-0.15, -0.1) is 0 Å². The van der Waals surface area contributed by atoms with E-state index in [9.17, 15) is 23.9 Å². The van der Waals surface area contributed by atoms with Crippen molar-refractivity contribution in [1.29, 1.82) is 0 Å². The summed E-state index contributed by atoms with van der Waals surface area (Å²) in [5.41, 5.74) is 1.46. The quantitative estimate of drug-likeness (QED) is 0.213. The second-order valence-electron chi connectivity index (χ2n) is 8.96. The Morgan fingerprint density at radius 3 is 2.38 bits per heavy atom. The molecule has 0 aromatic heterocycles. The Kier molecular flexibility index (Phi) is 8.96. The number of hydrogen-bond donors (Lipinski definition) is 3. The molecule has 4 rings (SSSR count). The van der Waals surface area contributed by atoms with Crippen LogP contribution in [-0.2, 0) is 4.79 Å². The molecular weight excluding hydrogens is 525 g/mol. The van der Waals surface area contributed by atoms with Crippen molar-refractivity contribution in [3.63, 3.8) is 0 Å². The number of carboxylic acids is 1. The molecule has 0 aliphatic carbocycles. The van der Waals surface area contributed by atoms with Crippen molar-refractivity contribution in [3.05, 3.63) is 106 Å². The number of nitrogens with zero attached hydrogens (tertiary/aromatic N) is 1. The molecule has 8 nitrogen and oxygen atoms in total. The minimum atomic E-state index is -1.12. The summed E-state index contributed by atoms with van der Waals surface area (Å²) in [4.78, 5) is 38.9. The Morgan fingerprint density at radius 2 is 1.74 bits per heavy atom. The zero-order valence-electron chi connectivity index (χ0n) is 21.1. The molecule has 202 valence electrons. The third kappa shape index (κ3) is 7.01. The zero-order chi connectivity index (χ0) is 27.9. The number of rotatable bonds is 11. The lowest BCUT2D eigenvalue weighted by Crippen LogP contribution is -2.49. The van der Waals surface area contributed by atoms with Gasteiger partial charge in [0.15, 0.2) is 5.78 Å². The normalized spacial score (nSPS) is 15.2. The Balaban J connectivity index is 1.31. The fourth-order valence-corrected chi connectivity index (χ4v) is 4.53. The average Bonchev–Trinajstić information content (AvgIpc) is 2.90. The van der Waals surface area contributed by atoms with E-state index in [1.165, 1.54) is 29.2 Å².